The lowest BCUT2D eigenvalue weighted by molar-refractivity contribution is 0.293. The number of nitrogens with zero attached hydrogens (tertiary/aromatic N) is 1. The lowest BCUT2D eigenvalue weighted by atomic mass is 9.82. The molecule has 1 fully saturated rings. The van der Waals surface area contributed by atoms with Crippen LogP contribution in [0.4, 0.5) is 0 Å². The summed E-state index contributed by atoms with van der Waals surface area (Å²) in [6, 6.07) is 0. The van der Waals surface area contributed by atoms with Crippen molar-refractivity contribution >= 4 is 0 Å². The van der Waals surface area contributed by atoms with Crippen molar-refractivity contribution in [2.24, 2.45) is 5.92 Å². The van der Waals surface area contributed by atoms with E-state index in [0.717, 1.165) is 43.3 Å². The van der Waals surface area contributed by atoms with E-state index in [4.69, 9.17) is 4.42 Å². The molecule has 1 N–H and O–H groups in total. The Bertz CT molecular complexity index is 292. The van der Waals surface area contributed by atoms with Gasteiger partial charge >= 0.3 is 0 Å². The summed E-state index contributed by atoms with van der Waals surface area (Å²) in [5.41, 5.74) is 1.11. The van der Waals surface area contributed by atoms with E-state index >= 15 is 0 Å². The van der Waals surface area contributed by atoms with Crippen LogP contribution in [0.15, 0.2) is 10.8 Å². The number of nitrogens with one attached hydrogen (secondary N) is 1. The van der Waals surface area contributed by atoms with Gasteiger partial charge in [0, 0.05) is 13.0 Å². The van der Waals surface area contributed by atoms with Crippen LogP contribution in [0.25, 0.3) is 0 Å². The van der Waals surface area contributed by atoms with Crippen molar-refractivity contribution in [1.29, 1.82) is 0 Å². The highest BCUT2D eigenvalue weighted by molar-refractivity contribution is 5.08. The van der Waals surface area contributed by atoms with Gasteiger partial charge in [-0.1, -0.05) is 26.2 Å². The lowest BCUT2D eigenvalue weighted by Gasteiger charge is -2.24. The predicted octanol–water partition coefficient (Wildman–Crippen LogP) is 2.52. The summed E-state index contributed by atoms with van der Waals surface area (Å²) in [5, 5.41) is 3.36. The van der Waals surface area contributed by atoms with Crippen LogP contribution in [0.1, 0.15) is 44.1 Å². The molecule has 84 valence electrons. The summed E-state index contributed by atoms with van der Waals surface area (Å²) < 4.78 is 5.45. The number of aromatic nitrogens is 1. The van der Waals surface area contributed by atoms with Crippen molar-refractivity contribution in [2.75, 3.05) is 6.54 Å². The number of hydrogen-bond acceptors (Lipinski definition) is 3. The molecule has 15 heavy (non-hydrogen) atoms. The van der Waals surface area contributed by atoms with Crippen molar-refractivity contribution < 1.29 is 4.42 Å². The van der Waals surface area contributed by atoms with E-state index in [-0.39, 0.29) is 0 Å². The largest absolute Gasteiger partial charge is 0.448 e. The van der Waals surface area contributed by atoms with Gasteiger partial charge in [-0.15, -0.1) is 0 Å². The van der Waals surface area contributed by atoms with E-state index in [1.54, 1.807) is 6.39 Å². The first-order chi connectivity index (χ1) is 7.40. The molecule has 1 aromatic rings. The summed E-state index contributed by atoms with van der Waals surface area (Å²) in [7, 11) is 0. The van der Waals surface area contributed by atoms with Gasteiger partial charge in [-0.3, -0.25) is 0 Å². The fourth-order valence-electron chi connectivity index (χ4n) is 1.95. The average Bonchev–Trinajstić information content (AvgIpc) is 2.60. The molecule has 3 nitrogen and oxygen atoms in total. The first-order valence-corrected chi connectivity index (χ1v) is 6.02. The Hall–Kier alpha value is -0.830. The molecule has 1 heterocycles. The second-order valence-corrected chi connectivity index (χ2v) is 4.40. The number of oxazole rings is 1. The summed E-state index contributed by atoms with van der Waals surface area (Å²) in [5.74, 6) is 1.95. The Morgan fingerprint density at radius 1 is 1.53 bits per heavy atom. The van der Waals surface area contributed by atoms with Crippen LogP contribution in [-0.4, -0.2) is 11.5 Å². The second-order valence-electron chi connectivity index (χ2n) is 4.40. The highest BCUT2D eigenvalue weighted by Gasteiger charge is 2.21. The van der Waals surface area contributed by atoms with Crippen LogP contribution in [-0.2, 0) is 13.0 Å². The molecule has 0 unspecified atom stereocenters. The van der Waals surface area contributed by atoms with E-state index < -0.39 is 0 Å². The molecular formula is C12H20N2O. The molecule has 1 saturated carbocycles. The quantitative estimate of drug-likeness (QED) is 0.730. The van der Waals surface area contributed by atoms with Crippen LogP contribution < -0.4 is 5.32 Å². The van der Waals surface area contributed by atoms with Crippen molar-refractivity contribution in [3.63, 3.8) is 0 Å². The first-order valence-electron chi connectivity index (χ1n) is 6.02. The molecule has 0 aromatic carbocycles. The molecule has 0 atom stereocenters. The molecule has 0 bridgehead atoms. The van der Waals surface area contributed by atoms with Crippen LogP contribution in [0.3, 0.4) is 0 Å². The fraction of sp³-hybridized carbons (Fsp3) is 0.750. The molecule has 0 amide bonds. The van der Waals surface area contributed by atoms with Crippen molar-refractivity contribution in [1.82, 2.24) is 10.3 Å². The Balaban J connectivity index is 1.83. The molecule has 1 aliphatic rings. The minimum atomic E-state index is 0.850. The number of rotatable bonds is 6. The third-order valence-electron chi connectivity index (χ3n) is 3.14. The zero-order chi connectivity index (χ0) is 10.5. The van der Waals surface area contributed by atoms with Gasteiger partial charge in [0.15, 0.2) is 6.39 Å². The fourth-order valence-corrected chi connectivity index (χ4v) is 1.95. The third kappa shape index (κ3) is 2.81. The van der Waals surface area contributed by atoms with Gasteiger partial charge in [0.2, 0.25) is 0 Å². The Kier molecular flexibility index (Phi) is 3.78. The monoisotopic (exact) mass is 208 g/mol. The number of hydrogen-bond donors (Lipinski definition) is 1. The van der Waals surface area contributed by atoms with Gasteiger partial charge in [0.05, 0.1) is 5.69 Å². The van der Waals surface area contributed by atoms with Gasteiger partial charge in [-0.2, -0.15) is 0 Å². The van der Waals surface area contributed by atoms with Crippen LogP contribution in [0.2, 0.25) is 0 Å². The second kappa shape index (κ2) is 5.31. The maximum absolute atomic E-state index is 5.45. The average molecular weight is 208 g/mol. The van der Waals surface area contributed by atoms with Crippen LogP contribution in [0.5, 0.6) is 0 Å². The molecule has 1 aromatic heterocycles. The SMILES string of the molecule is CCCNCc1ncoc1CC1CCC1. The molecule has 0 spiro atoms. The Morgan fingerprint density at radius 3 is 3.07 bits per heavy atom. The standard InChI is InChI=1S/C12H20N2O/c1-2-6-13-8-11-12(15-9-14-11)7-10-4-3-5-10/h9-10,13H,2-8H2,1H3. The zero-order valence-corrected chi connectivity index (χ0v) is 9.46. The first kappa shape index (κ1) is 10.7. The molecular weight excluding hydrogens is 188 g/mol. The Morgan fingerprint density at radius 2 is 2.40 bits per heavy atom. The molecule has 1 aliphatic carbocycles. The smallest absolute Gasteiger partial charge is 0.181 e. The van der Waals surface area contributed by atoms with Crippen LogP contribution in [0, 0.1) is 5.92 Å². The molecule has 0 radical (unpaired) electrons. The summed E-state index contributed by atoms with van der Waals surface area (Å²) in [6.07, 6.45) is 7.95. The zero-order valence-electron chi connectivity index (χ0n) is 9.46. The summed E-state index contributed by atoms with van der Waals surface area (Å²) >= 11 is 0. The van der Waals surface area contributed by atoms with Gasteiger partial charge in [-0.25, -0.2) is 4.98 Å². The molecule has 3 heteroatoms. The maximum atomic E-state index is 5.45. The maximum Gasteiger partial charge on any atom is 0.181 e. The van der Waals surface area contributed by atoms with Crippen LogP contribution >= 0.6 is 0 Å². The van der Waals surface area contributed by atoms with E-state index in [0.29, 0.717) is 0 Å². The van der Waals surface area contributed by atoms with E-state index in [1.807, 2.05) is 0 Å². The van der Waals surface area contributed by atoms with Gasteiger partial charge in [0.25, 0.3) is 0 Å². The molecule has 2 rings (SSSR count). The highest BCUT2D eigenvalue weighted by atomic mass is 16.3. The predicted molar refractivity (Wildman–Crippen MR) is 59.5 cm³/mol. The van der Waals surface area contributed by atoms with Crippen molar-refractivity contribution in [2.45, 2.75) is 45.6 Å². The normalized spacial score (nSPS) is 16.6. The minimum absolute atomic E-state index is 0.850. The Labute approximate surface area is 91.3 Å². The van der Waals surface area contributed by atoms with Crippen molar-refractivity contribution in [3.05, 3.63) is 17.8 Å². The summed E-state index contributed by atoms with van der Waals surface area (Å²) in [4.78, 5) is 4.27. The van der Waals surface area contributed by atoms with E-state index in [1.165, 1.54) is 19.3 Å². The van der Waals surface area contributed by atoms with Gasteiger partial charge < -0.3 is 9.73 Å². The molecule has 0 saturated heterocycles. The molecule has 0 aliphatic heterocycles. The highest BCUT2D eigenvalue weighted by Crippen LogP contribution is 2.30. The summed E-state index contributed by atoms with van der Waals surface area (Å²) in [6.45, 7) is 4.08. The third-order valence-corrected chi connectivity index (χ3v) is 3.14. The minimum Gasteiger partial charge on any atom is -0.448 e. The van der Waals surface area contributed by atoms with E-state index in [9.17, 15) is 0 Å². The topological polar surface area (TPSA) is 38.1 Å². The van der Waals surface area contributed by atoms with Gasteiger partial charge in [0.1, 0.15) is 5.76 Å². The van der Waals surface area contributed by atoms with Gasteiger partial charge in [-0.05, 0) is 18.9 Å². The van der Waals surface area contributed by atoms with E-state index in [2.05, 4.69) is 17.2 Å². The van der Waals surface area contributed by atoms with Crippen molar-refractivity contribution in [3.8, 4) is 0 Å². The lowest BCUT2D eigenvalue weighted by Crippen LogP contribution is -2.18.